The van der Waals surface area contributed by atoms with E-state index in [1.165, 1.54) is 0 Å². The third kappa shape index (κ3) is 5.13. The van der Waals surface area contributed by atoms with Crippen LogP contribution in [-0.4, -0.2) is 45.5 Å². The molecule has 2 aliphatic rings. The number of fused-ring (bicyclic) bond motifs is 1. The Morgan fingerprint density at radius 3 is 2.83 bits per heavy atom. The maximum absolute atomic E-state index is 5.65. The Morgan fingerprint density at radius 2 is 2.08 bits per heavy atom. The number of benzene rings is 1. The zero-order chi connectivity index (χ0) is 16.1. The summed E-state index contributed by atoms with van der Waals surface area (Å²) in [4.78, 5) is 4.25. The first-order valence-electron chi connectivity index (χ1n) is 7.90. The number of halogens is 2. The average Bonchev–Trinajstić information content (AvgIpc) is 3.08. The number of hydrogen-bond acceptors (Lipinski definition) is 4. The summed E-state index contributed by atoms with van der Waals surface area (Å²) in [6.07, 6.45) is 2.54. The number of aliphatic imine (C=N–C) groups is 1. The third-order valence-corrected chi connectivity index (χ3v) is 4.45. The van der Waals surface area contributed by atoms with Crippen molar-refractivity contribution >= 4 is 45.9 Å². The van der Waals surface area contributed by atoms with Crippen LogP contribution >= 0.6 is 39.9 Å². The standard InChI is InChI=1S/C16H22BrN3O3.HI/c1-18-16(20-10-12-3-2-4-21-12)19-9-11-7-13(17)15-14(8-11)22-5-6-23-15;/h7-8,12H,2-6,9-10H2,1H3,(H2,18,19,20);1H. The summed E-state index contributed by atoms with van der Waals surface area (Å²) in [5, 5.41) is 6.61. The highest BCUT2D eigenvalue weighted by Gasteiger charge is 2.17. The molecule has 8 heteroatoms. The van der Waals surface area contributed by atoms with Gasteiger partial charge in [-0.25, -0.2) is 0 Å². The van der Waals surface area contributed by atoms with Crippen LogP contribution in [0.4, 0.5) is 0 Å². The first-order valence-corrected chi connectivity index (χ1v) is 8.69. The third-order valence-electron chi connectivity index (χ3n) is 3.86. The van der Waals surface area contributed by atoms with Crippen LogP contribution < -0.4 is 20.1 Å². The minimum absolute atomic E-state index is 0. The van der Waals surface area contributed by atoms with E-state index in [1.807, 2.05) is 12.1 Å². The quantitative estimate of drug-likeness (QED) is 0.369. The summed E-state index contributed by atoms with van der Waals surface area (Å²) in [6.45, 7) is 3.47. The number of guanidine groups is 1. The molecule has 3 rings (SSSR count). The molecular weight excluding hydrogens is 489 g/mol. The molecule has 1 aromatic carbocycles. The van der Waals surface area contributed by atoms with E-state index in [0.29, 0.717) is 19.8 Å². The Hall–Kier alpha value is -0.740. The molecule has 1 unspecified atom stereocenters. The fourth-order valence-electron chi connectivity index (χ4n) is 2.69. The Bertz CT molecular complexity index is 580. The molecule has 1 aromatic rings. The van der Waals surface area contributed by atoms with Crippen LogP contribution in [0.15, 0.2) is 21.6 Å². The van der Waals surface area contributed by atoms with Gasteiger partial charge in [0.15, 0.2) is 17.5 Å². The SMILES string of the molecule is CN=C(NCc1cc(Br)c2c(c1)OCCO2)NCC1CCCO1.I. The van der Waals surface area contributed by atoms with E-state index in [-0.39, 0.29) is 30.1 Å². The molecule has 1 atom stereocenters. The van der Waals surface area contributed by atoms with Crippen molar-refractivity contribution in [3.8, 4) is 11.5 Å². The van der Waals surface area contributed by atoms with Gasteiger partial charge in [-0.05, 0) is 46.5 Å². The Labute approximate surface area is 167 Å². The summed E-state index contributed by atoms with van der Waals surface area (Å²) in [7, 11) is 1.77. The molecule has 2 heterocycles. The van der Waals surface area contributed by atoms with Crippen LogP contribution in [0.3, 0.4) is 0 Å². The maximum Gasteiger partial charge on any atom is 0.191 e. The molecule has 0 amide bonds. The van der Waals surface area contributed by atoms with E-state index < -0.39 is 0 Å². The predicted molar refractivity (Wildman–Crippen MR) is 108 cm³/mol. The summed E-state index contributed by atoms with van der Waals surface area (Å²) in [6, 6.07) is 4.04. The zero-order valence-electron chi connectivity index (χ0n) is 13.6. The molecule has 0 aliphatic carbocycles. The smallest absolute Gasteiger partial charge is 0.191 e. The minimum Gasteiger partial charge on any atom is -0.486 e. The van der Waals surface area contributed by atoms with Gasteiger partial charge in [-0.2, -0.15) is 0 Å². The van der Waals surface area contributed by atoms with Gasteiger partial charge in [0, 0.05) is 26.7 Å². The van der Waals surface area contributed by atoms with Crippen molar-refractivity contribution in [2.45, 2.75) is 25.5 Å². The highest BCUT2D eigenvalue weighted by atomic mass is 127. The predicted octanol–water partition coefficient (Wildman–Crippen LogP) is 2.68. The highest BCUT2D eigenvalue weighted by molar-refractivity contribution is 14.0. The molecule has 2 N–H and O–H groups in total. The summed E-state index contributed by atoms with van der Waals surface area (Å²) in [5.41, 5.74) is 1.10. The lowest BCUT2D eigenvalue weighted by Crippen LogP contribution is -2.40. The lowest BCUT2D eigenvalue weighted by Gasteiger charge is -2.21. The molecule has 134 valence electrons. The molecule has 0 aromatic heterocycles. The van der Waals surface area contributed by atoms with E-state index in [0.717, 1.165) is 53.5 Å². The zero-order valence-corrected chi connectivity index (χ0v) is 17.6. The van der Waals surface area contributed by atoms with Gasteiger partial charge in [-0.15, -0.1) is 24.0 Å². The number of ether oxygens (including phenoxy) is 3. The van der Waals surface area contributed by atoms with Gasteiger partial charge in [0.2, 0.25) is 0 Å². The number of nitrogens with zero attached hydrogens (tertiary/aromatic N) is 1. The van der Waals surface area contributed by atoms with E-state index in [1.54, 1.807) is 7.05 Å². The van der Waals surface area contributed by atoms with Crippen LogP contribution in [0.2, 0.25) is 0 Å². The van der Waals surface area contributed by atoms with Gasteiger partial charge in [0.1, 0.15) is 13.2 Å². The largest absolute Gasteiger partial charge is 0.486 e. The van der Waals surface area contributed by atoms with Crippen molar-refractivity contribution in [2.75, 3.05) is 33.4 Å². The molecular formula is C16H23BrIN3O3. The Balaban J connectivity index is 0.00000208. The second kappa shape index (κ2) is 9.67. The first kappa shape index (κ1) is 19.6. The fourth-order valence-corrected chi connectivity index (χ4v) is 3.29. The number of nitrogens with one attached hydrogen (secondary N) is 2. The lowest BCUT2D eigenvalue weighted by atomic mass is 10.2. The monoisotopic (exact) mass is 511 g/mol. The van der Waals surface area contributed by atoms with Gasteiger partial charge < -0.3 is 24.8 Å². The van der Waals surface area contributed by atoms with Crippen LogP contribution in [0.1, 0.15) is 18.4 Å². The molecule has 24 heavy (non-hydrogen) atoms. The molecule has 0 radical (unpaired) electrons. The van der Waals surface area contributed by atoms with E-state index in [9.17, 15) is 0 Å². The normalized spacial score (nSPS) is 19.6. The molecule has 2 aliphatic heterocycles. The second-order valence-corrected chi connectivity index (χ2v) is 6.40. The van der Waals surface area contributed by atoms with Crippen LogP contribution in [0.25, 0.3) is 0 Å². The second-order valence-electron chi connectivity index (χ2n) is 5.54. The van der Waals surface area contributed by atoms with E-state index in [2.05, 4.69) is 31.6 Å². The van der Waals surface area contributed by atoms with Gasteiger partial charge >= 0.3 is 0 Å². The highest BCUT2D eigenvalue weighted by Crippen LogP contribution is 2.38. The Kier molecular flexibility index (Phi) is 7.89. The van der Waals surface area contributed by atoms with Gasteiger partial charge in [0.25, 0.3) is 0 Å². The van der Waals surface area contributed by atoms with Gasteiger partial charge in [-0.3, -0.25) is 4.99 Å². The van der Waals surface area contributed by atoms with E-state index >= 15 is 0 Å². The summed E-state index contributed by atoms with van der Waals surface area (Å²) < 4.78 is 17.8. The van der Waals surface area contributed by atoms with Crippen molar-refractivity contribution < 1.29 is 14.2 Å². The summed E-state index contributed by atoms with van der Waals surface area (Å²) >= 11 is 3.54. The van der Waals surface area contributed by atoms with Crippen LogP contribution in [0.5, 0.6) is 11.5 Å². The van der Waals surface area contributed by atoms with Gasteiger partial charge in [-0.1, -0.05) is 0 Å². The number of rotatable bonds is 4. The summed E-state index contributed by atoms with van der Waals surface area (Å²) in [5.74, 6) is 2.33. The van der Waals surface area contributed by atoms with Crippen molar-refractivity contribution in [3.63, 3.8) is 0 Å². The average molecular weight is 512 g/mol. The molecule has 0 saturated carbocycles. The first-order chi connectivity index (χ1) is 11.3. The lowest BCUT2D eigenvalue weighted by molar-refractivity contribution is 0.114. The maximum atomic E-state index is 5.65. The van der Waals surface area contributed by atoms with Crippen molar-refractivity contribution in [1.82, 2.24) is 10.6 Å². The van der Waals surface area contributed by atoms with Crippen LogP contribution in [0, 0.1) is 0 Å². The molecule has 0 spiro atoms. The topological polar surface area (TPSA) is 64.1 Å². The molecule has 1 saturated heterocycles. The fraction of sp³-hybridized carbons (Fsp3) is 0.562. The van der Waals surface area contributed by atoms with Crippen LogP contribution in [-0.2, 0) is 11.3 Å². The van der Waals surface area contributed by atoms with Crippen molar-refractivity contribution in [3.05, 3.63) is 22.2 Å². The number of hydrogen-bond donors (Lipinski definition) is 2. The molecule has 1 fully saturated rings. The minimum atomic E-state index is 0. The van der Waals surface area contributed by atoms with Crippen molar-refractivity contribution in [2.24, 2.45) is 4.99 Å². The molecule has 6 nitrogen and oxygen atoms in total. The van der Waals surface area contributed by atoms with Gasteiger partial charge in [0.05, 0.1) is 10.6 Å². The van der Waals surface area contributed by atoms with E-state index in [4.69, 9.17) is 14.2 Å². The Morgan fingerprint density at radius 1 is 1.25 bits per heavy atom. The van der Waals surface area contributed by atoms with Crippen molar-refractivity contribution in [1.29, 1.82) is 0 Å². The molecule has 0 bridgehead atoms.